The molecule has 0 radical (unpaired) electrons. The third-order valence-electron chi connectivity index (χ3n) is 7.56. The first-order valence-corrected chi connectivity index (χ1v) is 17.6. The molecule has 4 heterocycles. The van der Waals surface area contributed by atoms with Gasteiger partial charge in [-0.05, 0) is 82.6 Å². The standard InChI is InChI=1S/C38H30S4/c1-3-25-5-9-27(10-6-25)13-19-31-21-35-37(39-31)23-33(41-35)29-15-17-30(18-16-29)34-24-38-36(42-34)22-32(40-38)20-14-28-11-7-26(4-2)8-12-28/h5-24H,3-4H2,1-2H3/b19-13+,20-14+. The van der Waals surface area contributed by atoms with Gasteiger partial charge in [0, 0.05) is 38.3 Å². The number of benzene rings is 3. The maximum Gasteiger partial charge on any atom is 0.0463 e. The highest BCUT2D eigenvalue weighted by Crippen LogP contribution is 2.41. The van der Waals surface area contributed by atoms with E-state index in [-0.39, 0.29) is 0 Å². The average molecular weight is 615 g/mol. The van der Waals surface area contributed by atoms with Gasteiger partial charge in [-0.15, -0.1) is 45.3 Å². The SMILES string of the molecule is CCc1ccc(/C=C/c2cc3sc(-c4ccc(-c5cc6sc(/C=C/c7ccc(CC)cc7)cc6s5)cc4)cc3s2)cc1. The van der Waals surface area contributed by atoms with Crippen LogP contribution in [-0.2, 0) is 12.8 Å². The lowest BCUT2D eigenvalue weighted by Gasteiger charge is -2.00. The molecule has 0 bridgehead atoms. The summed E-state index contributed by atoms with van der Waals surface area (Å²) in [6.45, 7) is 4.39. The molecule has 7 rings (SSSR count). The maximum atomic E-state index is 2.35. The first-order valence-electron chi connectivity index (χ1n) is 14.3. The molecular weight excluding hydrogens is 585 g/mol. The first kappa shape index (κ1) is 27.3. The van der Waals surface area contributed by atoms with Crippen molar-refractivity contribution in [2.24, 2.45) is 0 Å². The molecule has 0 saturated heterocycles. The van der Waals surface area contributed by atoms with Crippen LogP contribution >= 0.6 is 45.3 Å². The Hall–Kier alpha value is -3.54. The number of hydrogen-bond acceptors (Lipinski definition) is 4. The summed E-state index contributed by atoms with van der Waals surface area (Å²) in [4.78, 5) is 5.28. The summed E-state index contributed by atoms with van der Waals surface area (Å²) in [5.41, 5.74) is 7.84. The number of fused-ring (bicyclic) bond motifs is 2. The highest BCUT2D eigenvalue weighted by atomic mass is 32.1. The molecule has 3 aromatic carbocycles. The Balaban J connectivity index is 1.03. The molecule has 0 N–H and O–H groups in total. The highest BCUT2D eigenvalue weighted by Gasteiger charge is 2.11. The number of hydrogen-bond donors (Lipinski definition) is 0. The van der Waals surface area contributed by atoms with Gasteiger partial charge in [0.2, 0.25) is 0 Å². The summed E-state index contributed by atoms with van der Waals surface area (Å²) in [7, 11) is 0. The van der Waals surface area contributed by atoms with Crippen LogP contribution < -0.4 is 0 Å². The quantitative estimate of drug-likeness (QED) is 0.160. The fraction of sp³-hybridized carbons (Fsp3) is 0.105. The topological polar surface area (TPSA) is 0 Å². The summed E-state index contributed by atoms with van der Waals surface area (Å²) >= 11 is 7.51. The van der Waals surface area contributed by atoms with Gasteiger partial charge >= 0.3 is 0 Å². The molecule has 42 heavy (non-hydrogen) atoms. The normalized spacial score (nSPS) is 12.0. The molecule has 4 heteroatoms. The van der Waals surface area contributed by atoms with E-state index in [2.05, 4.69) is 135 Å². The van der Waals surface area contributed by atoms with Crippen LogP contribution in [0.5, 0.6) is 0 Å². The van der Waals surface area contributed by atoms with E-state index in [1.165, 1.54) is 71.7 Å². The second-order valence-electron chi connectivity index (χ2n) is 10.4. The monoisotopic (exact) mass is 614 g/mol. The average Bonchev–Trinajstić information content (AvgIpc) is 3.80. The van der Waals surface area contributed by atoms with Gasteiger partial charge in [0.15, 0.2) is 0 Å². The fourth-order valence-electron chi connectivity index (χ4n) is 5.04. The van der Waals surface area contributed by atoms with Gasteiger partial charge in [0.25, 0.3) is 0 Å². The molecule has 0 atom stereocenters. The number of thiophene rings is 4. The molecular formula is C38H30S4. The van der Waals surface area contributed by atoms with Crippen molar-refractivity contribution in [2.45, 2.75) is 26.7 Å². The lowest BCUT2D eigenvalue weighted by Crippen LogP contribution is -1.78. The van der Waals surface area contributed by atoms with Crippen molar-refractivity contribution in [3.63, 3.8) is 0 Å². The summed E-state index contributed by atoms with van der Waals surface area (Å²) in [5, 5.41) is 0. The van der Waals surface area contributed by atoms with Gasteiger partial charge in [0.1, 0.15) is 0 Å². The summed E-state index contributed by atoms with van der Waals surface area (Å²) < 4.78 is 5.45. The van der Waals surface area contributed by atoms with E-state index >= 15 is 0 Å². The van der Waals surface area contributed by atoms with Crippen LogP contribution in [-0.4, -0.2) is 0 Å². The van der Waals surface area contributed by atoms with Gasteiger partial charge < -0.3 is 0 Å². The second kappa shape index (κ2) is 12.0. The van der Waals surface area contributed by atoms with Crippen LogP contribution in [0.15, 0.2) is 97.1 Å². The largest absolute Gasteiger partial charge is 0.135 e. The van der Waals surface area contributed by atoms with Crippen molar-refractivity contribution in [3.05, 3.63) is 129 Å². The lowest BCUT2D eigenvalue weighted by atomic mass is 10.1. The molecule has 0 nitrogen and oxygen atoms in total. The molecule has 7 aromatic rings. The van der Waals surface area contributed by atoms with Gasteiger partial charge in [0.05, 0.1) is 0 Å². The van der Waals surface area contributed by atoms with Crippen LogP contribution in [0.1, 0.15) is 45.9 Å². The summed E-state index contributed by atoms with van der Waals surface area (Å²) in [5.74, 6) is 0. The van der Waals surface area contributed by atoms with E-state index in [1.807, 2.05) is 45.3 Å². The Labute approximate surface area is 263 Å². The minimum atomic E-state index is 1.08. The zero-order valence-electron chi connectivity index (χ0n) is 23.6. The smallest absolute Gasteiger partial charge is 0.0463 e. The van der Waals surface area contributed by atoms with E-state index in [1.54, 1.807) is 0 Å². The molecule has 0 aliphatic carbocycles. The fourth-order valence-corrected chi connectivity index (χ4v) is 9.67. The predicted molar refractivity (Wildman–Crippen MR) is 193 cm³/mol. The van der Waals surface area contributed by atoms with Gasteiger partial charge in [-0.25, -0.2) is 0 Å². The zero-order valence-corrected chi connectivity index (χ0v) is 26.9. The Kier molecular flexibility index (Phi) is 7.79. The minimum absolute atomic E-state index is 1.08. The molecule has 0 saturated carbocycles. The van der Waals surface area contributed by atoms with E-state index in [4.69, 9.17) is 0 Å². The van der Waals surface area contributed by atoms with E-state index < -0.39 is 0 Å². The highest BCUT2D eigenvalue weighted by molar-refractivity contribution is 7.30. The van der Waals surface area contributed by atoms with Crippen LogP contribution in [0.4, 0.5) is 0 Å². The van der Waals surface area contributed by atoms with Crippen molar-refractivity contribution in [2.75, 3.05) is 0 Å². The van der Waals surface area contributed by atoms with Crippen molar-refractivity contribution in [3.8, 4) is 20.9 Å². The van der Waals surface area contributed by atoms with Crippen molar-refractivity contribution < 1.29 is 0 Å². The van der Waals surface area contributed by atoms with E-state index in [9.17, 15) is 0 Å². The van der Waals surface area contributed by atoms with Gasteiger partial charge in [-0.1, -0.05) is 98.8 Å². The third kappa shape index (κ3) is 5.86. The molecule has 206 valence electrons. The number of rotatable bonds is 8. The van der Waals surface area contributed by atoms with E-state index in [0.717, 1.165) is 12.8 Å². The molecule has 4 aromatic heterocycles. The molecule has 0 aliphatic rings. The Morgan fingerprint density at radius 1 is 0.429 bits per heavy atom. The number of aryl methyl sites for hydroxylation is 2. The Morgan fingerprint density at radius 2 is 0.810 bits per heavy atom. The predicted octanol–water partition coefficient (Wildman–Crippen LogP) is 13.0. The molecule has 0 fully saturated rings. The zero-order chi connectivity index (χ0) is 28.5. The first-order chi connectivity index (χ1) is 20.6. The van der Waals surface area contributed by atoms with Crippen molar-refractivity contribution in [1.29, 1.82) is 0 Å². The molecule has 0 aliphatic heterocycles. The van der Waals surface area contributed by atoms with Gasteiger partial charge in [-0.3, -0.25) is 0 Å². The maximum absolute atomic E-state index is 2.35. The second-order valence-corrected chi connectivity index (χ2v) is 14.8. The van der Waals surface area contributed by atoms with Gasteiger partial charge in [-0.2, -0.15) is 0 Å². The molecule has 0 unspecified atom stereocenters. The molecule has 0 spiro atoms. The lowest BCUT2D eigenvalue weighted by molar-refractivity contribution is 1.14. The van der Waals surface area contributed by atoms with E-state index in [0.29, 0.717) is 0 Å². The Bertz CT molecular complexity index is 1810. The van der Waals surface area contributed by atoms with Crippen LogP contribution in [0, 0.1) is 0 Å². The molecule has 0 amide bonds. The van der Waals surface area contributed by atoms with Crippen LogP contribution in [0.2, 0.25) is 0 Å². The third-order valence-corrected chi connectivity index (χ3v) is 12.2. The minimum Gasteiger partial charge on any atom is -0.135 e. The Morgan fingerprint density at radius 3 is 1.17 bits per heavy atom. The summed E-state index contributed by atoms with van der Waals surface area (Å²) in [6, 6.07) is 36.1. The van der Waals surface area contributed by atoms with Crippen LogP contribution in [0.25, 0.3) is 64.0 Å². The summed E-state index contributed by atoms with van der Waals surface area (Å²) in [6.07, 6.45) is 11.1. The van der Waals surface area contributed by atoms with Crippen LogP contribution in [0.3, 0.4) is 0 Å². The van der Waals surface area contributed by atoms with Crippen molar-refractivity contribution in [1.82, 2.24) is 0 Å². The van der Waals surface area contributed by atoms with Crippen molar-refractivity contribution >= 4 is 88.5 Å².